The number of hydrogen-bond acceptors (Lipinski definition) is 6. The van der Waals surface area contributed by atoms with Gasteiger partial charge in [-0.05, 0) is 63.9 Å². The first-order valence-corrected chi connectivity index (χ1v) is 12.0. The number of amides is 1. The molecular weight excluding hydrogens is 493 g/mol. The van der Waals surface area contributed by atoms with E-state index in [1.165, 1.54) is 12.1 Å². The number of thiazole rings is 1. The summed E-state index contributed by atoms with van der Waals surface area (Å²) in [4.78, 5) is 29.6. The molecule has 1 heterocycles. The van der Waals surface area contributed by atoms with Crippen molar-refractivity contribution in [3.8, 4) is 16.3 Å². The normalized spacial score (nSPS) is 11.8. The van der Waals surface area contributed by atoms with Gasteiger partial charge in [0.05, 0.1) is 17.9 Å². The maximum atomic E-state index is 12.8. The van der Waals surface area contributed by atoms with Gasteiger partial charge in [0.1, 0.15) is 15.6 Å². The molecule has 0 aliphatic heterocycles. The van der Waals surface area contributed by atoms with Crippen LogP contribution in [0.15, 0.2) is 42.5 Å². The Labute approximate surface area is 211 Å². The lowest BCUT2D eigenvalue weighted by Gasteiger charge is -2.25. The molecule has 0 saturated carbocycles. The summed E-state index contributed by atoms with van der Waals surface area (Å²) < 4.78 is 49.3. The van der Waals surface area contributed by atoms with Gasteiger partial charge in [0, 0.05) is 12.1 Å². The summed E-state index contributed by atoms with van der Waals surface area (Å²) in [5.74, 6) is -0.261. The molecule has 0 spiro atoms. The SMILES string of the molecule is CCOC(=O)C(C)(C)Oc1ccc(CNC(=O)c2sc(-c3ccc(C(F)(F)F)cc3)nc2C)cc1C. The van der Waals surface area contributed by atoms with Crippen molar-refractivity contribution in [3.05, 3.63) is 69.7 Å². The van der Waals surface area contributed by atoms with Gasteiger partial charge in [-0.1, -0.05) is 24.3 Å². The van der Waals surface area contributed by atoms with Crippen LogP contribution in [0.5, 0.6) is 5.75 Å². The smallest absolute Gasteiger partial charge is 0.416 e. The number of ether oxygens (including phenoxy) is 2. The van der Waals surface area contributed by atoms with E-state index in [1.54, 1.807) is 39.8 Å². The predicted octanol–water partition coefficient (Wildman–Crippen LogP) is 6.10. The Morgan fingerprint density at radius 3 is 2.31 bits per heavy atom. The Bertz CT molecular complexity index is 1250. The Balaban J connectivity index is 1.66. The van der Waals surface area contributed by atoms with Crippen molar-refractivity contribution in [2.24, 2.45) is 0 Å². The van der Waals surface area contributed by atoms with Gasteiger partial charge in [-0.25, -0.2) is 9.78 Å². The summed E-state index contributed by atoms with van der Waals surface area (Å²) in [5, 5.41) is 3.31. The predicted molar refractivity (Wildman–Crippen MR) is 131 cm³/mol. The maximum absolute atomic E-state index is 12.8. The summed E-state index contributed by atoms with van der Waals surface area (Å²) in [7, 11) is 0. The molecule has 1 amide bonds. The van der Waals surface area contributed by atoms with Crippen LogP contribution in [0, 0.1) is 13.8 Å². The summed E-state index contributed by atoms with van der Waals surface area (Å²) >= 11 is 1.12. The Morgan fingerprint density at radius 2 is 1.72 bits per heavy atom. The molecule has 0 bridgehead atoms. The van der Waals surface area contributed by atoms with E-state index in [4.69, 9.17) is 9.47 Å². The average Bonchev–Trinajstić information content (AvgIpc) is 3.20. The number of alkyl halides is 3. The third kappa shape index (κ3) is 6.42. The number of nitrogens with one attached hydrogen (secondary N) is 1. The van der Waals surface area contributed by atoms with Gasteiger partial charge < -0.3 is 14.8 Å². The zero-order valence-corrected chi connectivity index (χ0v) is 21.4. The minimum absolute atomic E-state index is 0.244. The fourth-order valence-corrected chi connectivity index (χ4v) is 4.34. The molecule has 0 radical (unpaired) electrons. The van der Waals surface area contributed by atoms with Crippen molar-refractivity contribution >= 4 is 23.2 Å². The average molecular weight is 521 g/mol. The molecule has 0 unspecified atom stereocenters. The maximum Gasteiger partial charge on any atom is 0.416 e. The van der Waals surface area contributed by atoms with Crippen LogP contribution in [0.2, 0.25) is 0 Å². The van der Waals surface area contributed by atoms with E-state index in [-0.39, 0.29) is 19.1 Å². The molecule has 6 nitrogen and oxygen atoms in total. The van der Waals surface area contributed by atoms with Gasteiger partial charge in [-0.3, -0.25) is 4.79 Å². The molecule has 192 valence electrons. The van der Waals surface area contributed by atoms with Crippen LogP contribution in [-0.4, -0.2) is 29.1 Å². The molecule has 0 aliphatic carbocycles. The number of carbonyl (C=O) groups is 2. The number of hydrogen-bond donors (Lipinski definition) is 1. The zero-order valence-electron chi connectivity index (χ0n) is 20.6. The van der Waals surface area contributed by atoms with Crippen molar-refractivity contribution in [2.75, 3.05) is 6.61 Å². The third-order valence-corrected chi connectivity index (χ3v) is 6.49. The molecular formula is C26H27F3N2O4S. The fraction of sp³-hybridized carbons (Fsp3) is 0.346. The largest absolute Gasteiger partial charge is 0.476 e. The second-order valence-corrected chi connectivity index (χ2v) is 9.62. The van der Waals surface area contributed by atoms with Crippen LogP contribution in [0.3, 0.4) is 0 Å². The Morgan fingerprint density at radius 1 is 1.06 bits per heavy atom. The highest BCUT2D eigenvalue weighted by Gasteiger charge is 2.32. The van der Waals surface area contributed by atoms with Crippen LogP contribution in [0.1, 0.15) is 52.8 Å². The first-order valence-electron chi connectivity index (χ1n) is 11.2. The number of nitrogens with zero attached hydrogens (tertiary/aromatic N) is 1. The quantitative estimate of drug-likeness (QED) is 0.364. The van der Waals surface area contributed by atoms with Gasteiger partial charge in [0.2, 0.25) is 0 Å². The van der Waals surface area contributed by atoms with Crippen LogP contribution < -0.4 is 10.1 Å². The first kappa shape index (κ1) is 27.2. The number of halogens is 3. The van der Waals surface area contributed by atoms with Crippen molar-refractivity contribution in [1.29, 1.82) is 0 Å². The van der Waals surface area contributed by atoms with Gasteiger partial charge in [0.25, 0.3) is 5.91 Å². The van der Waals surface area contributed by atoms with E-state index < -0.39 is 23.3 Å². The van der Waals surface area contributed by atoms with Crippen LogP contribution in [0.4, 0.5) is 13.2 Å². The lowest BCUT2D eigenvalue weighted by molar-refractivity contribution is -0.158. The Kier molecular flexibility index (Phi) is 8.08. The summed E-state index contributed by atoms with van der Waals surface area (Å²) in [5.41, 5.74) is 0.726. The van der Waals surface area contributed by atoms with Crippen LogP contribution >= 0.6 is 11.3 Å². The molecule has 2 aromatic carbocycles. The molecule has 10 heteroatoms. The van der Waals surface area contributed by atoms with Crippen LogP contribution in [0.25, 0.3) is 10.6 Å². The van der Waals surface area contributed by atoms with E-state index in [1.807, 2.05) is 13.0 Å². The molecule has 1 aromatic heterocycles. The number of aryl methyl sites for hydroxylation is 2. The van der Waals surface area contributed by atoms with Crippen molar-refractivity contribution in [1.82, 2.24) is 10.3 Å². The molecule has 0 saturated heterocycles. The zero-order chi connectivity index (χ0) is 26.7. The van der Waals surface area contributed by atoms with Gasteiger partial charge in [-0.2, -0.15) is 13.2 Å². The monoisotopic (exact) mass is 520 g/mol. The van der Waals surface area contributed by atoms with Gasteiger partial charge in [-0.15, -0.1) is 11.3 Å². The molecule has 0 aliphatic rings. The lowest BCUT2D eigenvalue weighted by atomic mass is 10.1. The van der Waals surface area contributed by atoms with E-state index in [0.29, 0.717) is 26.9 Å². The minimum Gasteiger partial charge on any atom is -0.476 e. The molecule has 3 rings (SSSR count). The van der Waals surface area contributed by atoms with Crippen molar-refractivity contribution in [3.63, 3.8) is 0 Å². The molecule has 0 fully saturated rings. The summed E-state index contributed by atoms with van der Waals surface area (Å²) in [6, 6.07) is 10.1. The lowest BCUT2D eigenvalue weighted by Crippen LogP contribution is -2.39. The minimum atomic E-state index is -4.41. The summed E-state index contributed by atoms with van der Waals surface area (Å²) in [6.45, 7) is 9.02. The van der Waals surface area contributed by atoms with Crippen molar-refractivity contribution < 1.29 is 32.2 Å². The second-order valence-electron chi connectivity index (χ2n) is 8.62. The molecule has 1 N–H and O–H groups in total. The second kappa shape index (κ2) is 10.7. The standard InChI is InChI=1S/C26H27F3N2O4S/c1-6-34-24(33)25(4,5)35-20-12-7-17(13-15(20)2)14-30-22(32)21-16(3)31-23(36-21)18-8-10-19(11-9-18)26(27,28)29/h7-13H,6,14H2,1-5H3,(H,30,32). The number of aromatic nitrogens is 1. The highest BCUT2D eigenvalue weighted by molar-refractivity contribution is 7.17. The van der Waals surface area contributed by atoms with Gasteiger partial charge in [0.15, 0.2) is 5.60 Å². The summed E-state index contributed by atoms with van der Waals surface area (Å²) in [6.07, 6.45) is -4.41. The Hall–Kier alpha value is -3.40. The third-order valence-electron chi connectivity index (χ3n) is 5.29. The fourth-order valence-electron chi connectivity index (χ4n) is 3.35. The van der Waals surface area contributed by atoms with E-state index in [0.717, 1.165) is 34.6 Å². The first-order chi connectivity index (χ1) is 16.8. The highest BCUT2D eigenvalue weighted by atomic mass is 32.1. The molecule has 36 heavy (non-hydrogen) atoms. The molecule has 3 aromatic rings. The van der Waals surface area contributed by atoms with E-state index in [2.05, 4.69) is 10.3 Å². The van der Waals surface area contributed by atoms with Gasteiger partial charge >= 0.3 is 12.1 Å². The van der Waals surface area contributed by atoms with E-state index in [9.17, 15) is 22.8 Å². The van der Waals surface area contributed by atoms with Crippen molar-refractivity contribution in [2.45, 2.75) is 52.9 Å². The van der Waals surface area contributed by atoms with Crippen LogP contribution in [-0.2, 0) is 22.3 Å². The number of rotatable bonds is 8. The number of esters is 1. The number of benzene rings is 2. The highest BCUT2D eigenvalue weighted by Crippen LogP contribution is 2.33. The molecule has 0 atom stereocenters. The van der Waals surface area contributed by atoms with E-state index >= 15 is 0 Å². The number of carbonyl (C=O) groups excluding carboxylic acids is 2. The topological polar surface area (TPSA) is 77.5 Å².